The highest BCUT2D eigenvalue weighted by molar-refractivity contribution is 5.87. The van der Waals surface area contributed by atoms with Gasteiger partial charge in [-0.15, -0.1) is 0 Å². The quantitative estimate of drug-likeness (QED) is 0.687. The average molecular weight is 196 g/mol. The summed E-state index contributed by atoms with van der Waals surface area (Å²) in [7, 11) is 0. The molecule has 1 aliphatic heterocycles. The molecule has 0 aliphatic carbocycles. The van der Waals surface area contributed by atoms with E-state index in [-0.39, 0.29) is 5.91 Å². The number of hydrogen-bond acceptors (Lipinski definition) is 2. The van der Waals surface area contributed by atoms with Gasteiger partial charge in [0.05, 0.1) is 0 Å². The Bertz CT molecular complexity index is 213. The summed E-state index contributed by atoms with van der Waals surface area (Å²) < 4.78 is 0. The molecule has 1 aliphatic rings. The zero-order valence-corrected chi connectivity index (χ0v) is 9.12. The second-order valence-corrected chi connectivity index (χ2v) is 4.15. The van der Waals surface area contributed by atoms with Crippen molar-refractivity contribution in [1.29, 1.82) is 0 Å². The Labute approximate surface area is 86.2 Å². The van der Waals surface area contributed by atoms with Crippen molar-refractivity contribution in [3.05, 3.63) is 12.7 Å². The Morgan fingerprint density at radius 1 is 1.64 bits per heavy atom. The van der Waals surface area contributed by atoms with Crippen LogP contribution in [0, 0.1) is 0 Å². The largest absolute Gasteiger partial charge is 0.338 e. The fourth-order valence-corrected chi connectivity index (χ4v) is 1.91. The molecule has 0 aromatic rings. The molecular weight excluding hydrogens is 176 g/mol. The maximum absolute atomic E-state index is 11.4. The first-order chi connectivity index (χ1) is 6.63. The minimum absolute atomic E-state index is 0.0558. The summed E-state index contributed by atoms with van der Waals surface area (Å²) in [5.74, 6) is 0.0558. The minimum atomic E-state index is 0.0558. The van der Waals surface area contributed by atoms with E-state index in [4.69, 9.17) is 0 Å². The second-order valence-electron chi connectivity index (χ2n) is 4.15. The first-order valence-electron chi connectivity index (χ1n) is 5.31. The number of rotatable bonds is 3. The van der Waals surface area contributed by atoms with Gasteiger partial charge < -0.3 is 10.2 Å². The van der Waals surface area contributed by atoms with Crippen molar-refractivity contribution in [2.75, 3.05) is 13.1 Å². The van der Waals surface area contributed by atoms with Gasteiger partial charge >= 0.3 is 0 Å². The molecule has 0 bridgehead atoms. The average Bonchev–Trinajstić information content (AvgIpc) is 2.16. The maximum Gasteiger partial charge on any atom is 0.246 e. The lowest BCUT2D eigenvalue weighted by Crippen LogP contribution is -2.49. The number of carbonyl (C=O) groups is 1. The van der Waals surface area contributed by atoms with Crippen molar-refractivity contribution < 1.29 is 4.79 Å². The molecule has 0 unspecified atom stereocenters. The fraction of sp³-hybridized carbons (Fsp3) is 0.727. The minimum Gasteiger partial charge on any atom is -0.338 e. The van der Waals surface area contributed by atoms with Crippen LogP contribution in [-0.2, 0) is 4.79 Å². The number of nitrogens with one attached hydrogen (secondary N) is 1. The second kappa shape index (κ2) is 5.15. The maximum atomic E-state index is 11.4. The number of hydrogen-bond donors (Lipinski definition) is 1. The Hall–Kier alpha value is -0.830. The molecule has 0 aromatic heterocycles. The first-order valence-corrected chi connectivity index (χ1v) is 5.31. The molecule has 14 heavy (non-hydrogen) atoms. The summed E-state index contributed by atoms with van der Waals surface area (Å²) >= 11 is 0. The van der Waals surface area contributed by atoms with Crippen LogP contribution in [0.2, 0.25) is 0 Å². The van der Waals surface area contributed by atoms with Gasteiger partial charge in [0.1, 0.15) is 0 Å². The van der Waals surface area contributed by atoms with Crippen molar-refractivity contribution in [2.24, 2.45) is 0 Å². The van der Waals surface area contributed by atoms with Crippen LogP contribution in [0.5, 0.6) is 0 Å². The Balaban J connectivity index is 2.43. The third kappa shape index (κ3) is 3.14. The van der Waals surface area contributed by atoms with Gasteiger partial charge in [0.15, 0.2) is 0 Å². The van der Waals surface area contributed by atoms with E-state index in [0.29, 0.717) is 12.1 Å². The highest BCUT2D eigenvalue weighted by atomic mass is 16.2. The fourth-order valence-electron chi connectivity index (χ4n) is 1.91. The SMILES string of the molecule is C=CC(=O)N1CCC[C@H](NC(C)C)C1. The van der Waals surface area contributed by atoms with Crippen molar-refractivity contribution in [3.8, 4) is 0 Å². The standard InChI is InChI=1S/C11H20N2O/c1-4-11(14)13-7-5-6-10(8-13)12-9(2)3/h4,9-10,12H,1,5-8H2,2-3H3/t10-/m0/s1. The van der Waals surface area contributed by atoms with E-state index in [1.807, 2.05) is 4.90 Å². The van der Waals surface area contributed by atoms with Crippen LogP contribution in [0.3, 0.4) is 0 Å². The molecule has 1 amide bonds. The molecule has 0 aromatic carbocycles. The molecule has 80 valence electrons. The predicted molar refractivity (Wildman–Crippen MR) is 58.1 cm³/mol. The van der Waals surface area contributed by atoms with Gasteiger partial charge in [-0.2, -0.15) is 0 Å². The van der Waals surface area contributed by atoms with Gasteiger partial charge in [-0.05, 0) is 18.9 Å². The van der Waals surface area contributed by atoms with Crippen LogP contribution in [-0.4, -0.2) is 36.0 Å². The topological polar surface area (TPSA) is 32.3 Å². The molecule has 0 spiro atoms. The molecule has 1 rings (SSSR count). The summed E-state index contributed by atoms with van der Waals surface area (Å²) in [4.78, 5) is 13.2. The van der Waals surface area contributed by atoms with Gasteiger partial charge in [-0.25, -0.2) is 0 Å². The molecule has 1 heterocycles. The van der Waals surface area contributed by atoms with Gasteiger partial charge in [0, 0.05) is 25.2 Å². The van der Waals surface area contributed by atoms with Crippen molar-refractivity contribution in [3.63, 3.8) is 0 Å². The Morgan fingerprint density at radius 2 is 2.36 bits per heavy atom. The van der Waals surface area contributed by atoms with Gasteiger partial charge in [0.2, 0.25) is 5.91 Å². The van der Waals surface area contributed by atoms with E-state index in [1.165, 1.54) is 12.5 Å². The third-order valence-electron chi connectivity index (χ3n) is 2.48. The molecule has 0 saturated carbocycles. The molecule has 1 N–H and O–H groups in total. The lowest BCUT2D eigenvalue weighted by Gasteiger charge is -2.33. The van der Waals surface area contributed by atoms with Gasteiger partial charge in [0.25, 0.3) is 0 Å². The number of piperidine rings is 1. The lowest BCUT2D eigenvalue weighted by molar-refractivity contribution is -0.127. The summed E-state index contributed by atoms with van der Waals surface area (Å²) in [5, 5.41) is 3.46. The van der Waals surface area contributed by atoms with Crippen molar-refractivity contribution in [1.82, 2.24) is 10.2 Å². The van der Waals surface area contributed by atoms with Crippen LogP contribution in [0.15, 0.2) is 12.7 Å². The van der Waals surface area contributed by atoms with Crippen molar-refractivity contribution >= 4 is 5.91 Å². The Kier molecular flexibility index (Phi) is 4.14. The number of amides is 1. The van der Waals surface area contributed by atoms with E-state index < -0.39 is 0 Å². The van der Waals surface area contributed by atoms with Crippen LogP contribution < -0.4 is 5.32 Å². The van der Waals surface area contributed by atoms with Crippen LogP contribution in [0.25, 0.3) is 0 Å². The van der Waals surface area contributed by atoms with E-state index >= 15 is 0 Å². The summed E-state index contributed by atoms with van der Waals surface area (Å²) in [6.07, 6.45) is 3.65. The zero-order valence-electron chi connectivity index (χ0n) is 9.12. The third-order valence-corrected chi connectivity index (χ3v) is 2.48. The van der Waals surface area contributed by atoms with E-state index in [0.717, 1.165) is 19.5 Å². The smallest absolute Gasteiger partial charge is 0.246 e. The molecule has 1 atom stereocenters. The highest BCUT2D eigenvalue weighted by Crippen LogP contribution is 2.10. The number of nitrogens with zero attached hydrogens (tertiary/aromatic N) is 1. The number of likely N-dealkylation sites (tertiary alicyclic amines) is 1. The summed E-state index contributed by atoms with van der Waals surface area (Å²) in [6.45, 7) is 9.48. The molecule has 3 heteroatoms. The normalized spacial score (nSPS) is 22.5. The molecule has 1 fully saturated rings. The lowest BCUT2D eigenvalue weighted by atomic mass is 10.0. The Morgan fingerprint density at radius 3 is 2.93 bits per heavy atom. The van der Waals surface area contributed by atoms with Crippen LogP contribution >= 0.6 is 0 Å². The summed E-state index contributed by atoms with van der Waals surface area (Å²) in [5.41, 5.74) is 0. The van der Waals surface area contributed by atoms with Crippen LogP contribution in [0.1, 0.15) is 26.7 Å². The number of carbonyl (C=O) groups excluding carboxylic acids is 1. The van der Waals surface area contributed by atoms with E-state index in [9.17, 15) is 4.79 Å². The van der Waals surface area contributed by atoms with Gasteiger partial charge in [-0.3, -0.25) is 4.79 Å². The molecular formula is C11H20N2O. The highest BCUT2D eigenvalue weighted by Gasteiger charge is 2.21. The summed E-state index contributed by atoms with van der Waals surface area (Å²) in [6, 6.07) is 0.937. The first kappa shape index (κ1) is 11.2. The van der Waals surface area contributed by atoms with Crippen molar-refractivity contribution in [2.45, 2.75) is 38.8 Å². The molecule has 1 saturated heterocycles. The van der Waals surface area contributed by atoms with E-state index in [2.05, 4.69) is 25.7 Å². The monoisotopic (exact) mass is 196 g/mol. The molecule has 0 radical (unpaired) electrons. The van der Waals surface area contributed by atoms with Crippen LogP contribution in [0.4, 0.5) is 0 Å². The van der Waals surface area contributed by atoms with E-state index in [1.54, 1.807) is 0 Å². The molecule has 3 nitrogen and oxygen atoms in total. The predicted octanol–water partition coefficient (Wildman–Crippen LogP) is 1.16. The van der Waals surface area contributed by atoms with Gasteiger partial charge in [-0.1, -0.05) is 20.4 Å². The zero-order chi connectivity index (χ0) is 10.6.